The Hall–Kier alpha value is -2.47. The highest BCUT2D eigenvalue weighted by atomic mass is 16.5. The molecule has 0 unspecified atom stereocenters. The number of nitrogens with one attached hydrogen (secondary N) is 1. The predicted octanol–water partition coefficient (Wildman–Crippen LogP) is 1.86. The molecule has 1 amide bonds. The van der Waals surface area contributed by atoms with Crippen molar-refractivity contribution in [2.45, 2.75) is 20.4 Å². The minimum atomic E-state index is -0.126. The number of aromatic nitrogens is 2. The van der Waals surface area contributed by atoms with Crippen LogP contribution in [0, 0.1) is 13.8 Å². The van der Waals surface area contributed by atoms with Crippen molar-refractivity contribution in [3.05, 3.63) is 53.0 Å². The largest absolute Gasteiger partial charge is 0.378 e. The Balaban J connectivity index is 1.64. The number of carbonyl (C=O) groups is 1. The number of hydrogen-bond donors (Lipinski definition) is 1. The summed E-state index contributed by atoms with van der Waals surface area (Å²) in [5, 5.41) is 2.92. The molecule has 2 aromatic heterocycles. The fourth-order valence-electron chi connectivity index (χ4n) is 2.73. The third kappa shape index (κ3) is 3.89. The van der Waals surface area contributed by atoms with Crippen LogP contribution in [0.25, 0.3) is 0 Å². The standard InChI is InChI=1S/C18H22N4O2/c1-13-6-7-16(14(2)20-13)18(23)19-12-15-4-3-5-17(21-15)22-8-10-24-11-9-22/h3-7H,8-12H2,1-2H3,(H,19,23). The first-order valence-electron chi connectivity index (χ1n) is 8.14. The van der Waals surface area contributed by atoms with Crippen LogP contribution in [0.2, 0.25) is 0 Å². The van der Waals surface area contributed by atoms with Gasteiger partial charge >= 0.3 is 0 Å². The Morgan fingerprint density at radius 3 is 2.71 bits per heavy atom. The quantitative estimate of drug-likeness (QED) is 0.929. The van der Waals surface area contributed by atoms with Crippen LogP contribution in [-0.2, 0) is 11.3 Å². The normalized spacial score (nSPS) is 14.5. The van der Waals surface area contributed by atoms with E-state index in [-0.39, 0.29) is 5.91 Å². The monoisotopic (exact) mass is 326 g/mol. The van der Waals surface area contributed by atoms with E-state index in [2.05, 4.69) is 20.2 Å². The fraction of sp³-hybridized carbons (Fsp3) is 0.389. The average molecular weight is 326 g/mol. The molecule has 0 saturated carbocycles. The summed E-state index contributed by atoms with van der Waals surface area (Å²) in [5.41, 5.74) is 3.08. The van der Waals surface area contributed by atoms with E-state index < -0.39 is 0 Å². The zero-order valence-electron chi connectivity index (χ0n) is 14.1. The number of aryl methyl sites for hydroxylation is 2. The van der Waals surface area contributed by atoms with Crippen LogP contribution < -0.4 is 10.2 Å². The summed E-state index contributed by atoms with van der Waals surface area (Å²) in [6.07, 6.45) is 0. The van der Waals surface area contributed by atoms with Crippen molar-refractivity contribution in [1.29, 1.82) is 0 Å². The maximum Gasteiger partial charge on any atom is 0.253 e. The van der Waals surface area contributed by atoms with Crippen LogP contribution in [0.1, 0.15) is 27.4 Å². The molecule has 1 N–H and O–H groups in total. The lowest BCUT2D eigenvalue weighted by Gasteiger charge is -2.28. The Kier molecular flexibility index (Phi) is 5.05. The van der Waals surface area contributed by atoms with Crippen molar-refractivity contribution in [3.8, 4) is 0 Å². The first kappa shape index (κ1) is 16.4. The first-order chi connectivity index (χ1) is 11.6. The zero-order valence-corrected chi connectivity index (χ0v) is 14.1. The minimum absolute atomic E-state index is 0.126. The van der Waals surface area contributed by atoms with Gasteiger partial charge in [-0.2, -0.15) is 0 Å². The lowest BCUT2D eigenvalue weighted by Crippen LogP contribution is -2.37. The number of ether oxygens (including phenoxy) is 1. The number of anilines is 1. The van der Waals surface area contributed by atoms with Crippen LogP contribution >= 0.6 is 0 Å². The molecular formula is C18H22N4O2. The number of pyridine rings is 2. The summed E-state index contributed by atoms with van der Waals surface area (Å²) >= 11 is 0. The van der Waals surface area contributed by atoms with Gasteiger partial charge in [-0.25, -0.2) is 4.98 Å². The molecular weight excluding hydrogens is 304 g/mol. The Labute approximate surface area is 141 Å². The van der Waals surface area contributed by atoms with Crippen LogP contribution in [-0.4, -0.2) is 42.2 Å². The summed E-state index contributed by atoms with van der Waals surface area (Å²) in [6.45, 7) is 7.29. The molecule has 0 atom stereocenters. The van der Waals surface area contributed by atoms with E-state index in [0.717, 1.165) is 49.2 Å². The molecule has 1 saturated heterocycles. The summed E-state index contributed by atoms with van der Waals surface area (Å²) in [4.78, 5) is 23.5. The maximum absolute atomic E-state index is 12.3. The van der Waals surface area contributed by atoms with Gasteiger partial charge in [-0.05, 0) is 38.1 Å². The molecule has 6 nitrogen and oxygen atoms in total. The highest BCUT2D eigenvalue weighted by molar-refractivity contribution is 5.95. The first-order valence-corrected chi connectivity index (χ1v) is 8.14. The van der Waals surface area contributed by atoms with Gasteiger partial charge < -0.3 is 15.0 Å². The minimum Gasteiger partial charge on any atom is -0.378 e. The second-order valence-electron chi connectivity index (χ2n) is 5.85. The van der Waals surface area contributed by atoms with Gasteiger partial charge in [0.1, 0.15) is 5.82 Å². The number of nitrogens with zero attached hydrogens (tertiary/aromatic N) is 3. The van der Waals surface area contributed by atoms with E-state index in [4.69, 9.17) is 4.74 Å². The predicted molar refractivity (Wildman–Crippen MR) is 92.2 cm³/mol. The van der Waals surface area contributed by atoms with Crippen molar-refractivity contribution >= 4 is 11.7 Å². The molecule has 1 aliphatic rings. The number of amides is 1. The lowest BCUT2D eigenvalue weighted by atomic mass is 10.1. The molecule has 126 valence electrons. The number of rotatable bonds is 4. The van der Waals surface area contributed by atoms with Gasteiger partial charge in [-0.1, -0.05) is 6.07 Å². The molecule has 0 spiro atoms. The molecule has 0 aliphatic carbocycles. The topological polar surface area (TPSA) is 67.4 Å². The van der Waals surface area contributed by atoms with Crippen molar-refractivity contribution in [2.75, 3.05) is 31.2 Å². The summed E-state index contributed by atoms with van der Waals surface area (Å²) in [5.74, 6) is 0.803. The van der Waals surface area contributed by atoms with E-state index in [0.29, 0.717) is 12.1 Å². The highest BCUT2D eigenvalue weighted by Gasteiger charge is 2.13. The van der Waals surface area contributed by atoms with Gasteiger partial charge in [-0.3, -0.25) is 9.78 Å². The van der Waals surface area contributed by atoms with Gasteiger partial charge in [0.05, 0.1) is 36.7 Å². The van der Waals surface area contributed by atoms with E-state index >= 15 is 0 Å². The zero-order chi connectivity index (χ0) is 16.9. The molecule has 6 heteroatoms. The molecule has 2 aromatic rings. The van der Waals surface area contributed by atoms with Crippen LogP contribution in [0.4, 0.5) is 5.82 Å². The van der Waals surface area contributed by atoms with Crippen LogP contribution in [0.5, 0.6) is 0 Å². The Bertz CT molecular complexity index is 727. The van der Waals surface area contributed by atoms with Gasteiger partial charge in [0, 0.05) is 18.8 Å². The molecule has 3 rings (SSSR count). The van der Waals surface area contributed by atoms with E-state index in [9.17, 15) is 4.79 Å². The fourth-order valence-corrected chi connectivity index (χ4v) is 2.73. The Morgan fingerprint density at radius 2 is 1.96 bits per heavy atom. The Morgan fingerprint density at radius 1 is 1.17 bits per heavy atom. The van der Waals surface area contributed by atoms with Gasteiger partial charge in [0.15, 0.2) is 0 Å². The van der Waals surface area contributed by atoms with E-state index in [1.165, 1.54) is 0 Å². The third-order valence-corrected chi connectivity index (χ3v) is 4.03. The maximum atomic E-state index is 12.3. The van der Waals surface area contributed by atoms with E-state index in [1.807, 2.05) is 44.2 Å². The molecule has 0 radical (unpaired) electrons. The number of hydrogen-bond acceptors (Lipinski definition) is 5. The van der Waals surface area contributed by atoms with Crippen LogP contribution in [0.15, 0.2) is 30.3 Å². The van der Waals surface area contributed by atoms with Crippen molar-refractivity contribution < 1.29 is 9.53 Å². The molecule has 0 aromatic carbocycles. The lowest BCUT2D eigenvalue weighted by molar-refractivity contribution is 0.0949. The van der Waals surface area contributed by atoms with Gasteiger partial charge in [-0.15, -0.1) is 0 Å². The average Bonchev–Trinajstić information content (AvgIpc) is 2.61. The van der Waals surface area contributed by atoms with E-state index in [1.54, 1.807) is 0 Å². The van der Waals surface area contributed by atoms with Crippen LogP contribution in [0.3, 0.4) is 0 Å². The second-order valence-corrected chi connectivity index (χ2v) is 5.85. The third-order valence-electron chi connectivity index (χ3n) is 4.03. The molecule has 0 bridgehead atoms. The van der Waals surface area contributed by atoms with Crippen molar-refractivity contribution in [3.63, 3.8) is 0 Å². The molecule has 1 aliphatic heterocycles. The highest BCUT2D eigenvalue weighted by Crippen LogP contribution is 2.13. The summed E-state index contributed by atoms with van der Waals surface area (Å²) in [7, 11) is 0. The summed E-state index contributed by atoms with van der Waals surface area (Å²) < 4.78 is 5.37. The second kappa shape index (κ2) is 7.40. The summed E-state index contributed by atoms with van der Waals surface area (Å²) in [6, 6.07) is 9.54. The number of carbonyl (C=O) groups excluding carboxylic acids is 1. The smallest absolute Gasteiger partial charge is 0.253 e. The SMILES string of the molecule is Cc1ccc(C(=O)NCc2cccc(N3CCOCC3)n2)c(C)n1. The van der Waals surface area contributed by atoms with Crippen molar-refractivity contribution in [2.24, 2.45) is 0 Å². The molecule has 24 heavy (non-hydrogen) atoms. The number of morpholine rings is 1. The molecule has 1 fully saturated rings. The van der Waals surface area contributed by atoms with Crippen molar-refractivity contribution in [1.82, 2.24) is 15.3 Å². The molecule has 3 heterocycles. The van der Waals surface area contributed by atoms with Gasteiger partial charge in [0.25, 0.3) is 5.91 Å². The van der Waals surface area contributed by atoms with Gasteiger partial charge in [0.2, 0.25) is 0 Å².